The van der Waals surface area contributed by atoms with E-state index in [1.807, 2.05) is 31.2 Å². The lowest BCUT2D eigenvalue weighted by molar-refractivity contribution is 0.0953. The standard InChI is InChI=1S/C16H20N4O/c1-12-6-7-13(17)11-14(12)16(21)20-10-4-9-19-15-5-2-3-8-18-15/h2-3,5-8,11H,4,9-10,17H2,1H3,(H,18,19)(H,20,21). The summed E-state index contributed by atoms with van der Waals surface area (Å²) in [4.78, 5) is 16.2. The van der Waals surface area contributed by atoms with E-state index < -0.39 is 0 Å². The van der Waals surface area contributed by atoms with Crippen LogP contribution in [0.25, 0.3) is 0 Å². The Balaban J connectivity index is 1.73. The van der Waals surface area contributed by atoms with Crippen molar-refractivity contribution in [1.29, 1.82) is 0 Å². The lowest BCUT2D eigenvalue weighted by atomic mass is 10.1. The van der Waals surface area contributed by atoms with Crippen LogP contribution in [-0.2, 0) is 0 Å². The molecule has 110 valence electrons. The maximum absolute atomic E-state index is 12.1. The first-order valence-corrected chi connectivity index (χ1v) is 6.96. The third-order valence-electron chi connectivity index (χ3n) is 3.12. The highest BCUT2D eigenvalue weighted by Gasteiger charge is 2.08. The molecule has 0 unspecified atom stereocenters. The van der Waals surface area contributed by atoms with Gasteiger partial charge in [-0.1, -0.05) is 12.1 Å². The Bertz CT molecular complexity index is 598. The summed E-state index contributed by atoms with van der Waals surface area (Å²) in [6, 6.07) is 11.1. The van der Waals surface area contributed by atoms with Crippen molar-refractivity contribution in [1.82, 2.24) is 10.3 Å². The lowest BCUT2D eigenvalue weighted by Crippen LogP contribution is -2.26. The van der Waals surface area contributed by atoms with Crippen molar-refractivity contribution in [2.75, 3.05) is 24.1 Å². The van der Waals surface area contributed by atoms with E-state index >= 15 is 0 Å². The average molecular weight is 284 g/mol. The van der Waals surface area contributed by atoms with E-state index in [0.29, 0.717) is 17.8 Å². The molecule has 5 nitrogen and oxygen atoms in total. The number of anilines is 2. The summed E-state index contributed by atoms with van der Waals surface area (Å²) >= 11 is 0. The van der Waals surface area contributed by atoms with Crippen LogP contribution in [0.2, 0.25) is 0 Å². The summed E-state index contributed by atoms with van der Waals surface area (Å²) < 4.78 is 0. The van der Waals surface area contributed by atoms with Gasteiger partial charge in [0.25, 0.3) is 5.91 Å². The first-order valence-electron chi connectivity index (χ1n) is 6.96. The predicted molar refractivity (Wildman–Crippen MR) is 85.3 cm³/mol. The van der Waals surface area contributed by atoms with Crippen LogP contribution in [0.5, 0.6) is 0 Å². The molecule has 4 N–H and O–H groups in total. The van der Waals surface area contributed by atoms with Crippen molar-refractivity contribution >= 4 is 17.4 Å². The summed E-state index contributed by atoms with van der Waals surface area (Å²) in [6.07, 6.45) is 2.57. The Hall–Kier alpha value is -2.56. The molecule has 1 heterocycles. The molecule has 0 aliphatic heterocycles. The number of carbonyl (C=O) groups excluding carboxylic acids is 1. The third kappa shape index (κ3) is 4.49. The molecule has 0 aliphatic carbocycles. The molecule has 0 saturated heterocycles. The van der Waals surface area contributed by atoms with Gasteiger partial charge in [0.2, 0.25) is 0 Å². The van der Waals surface area contributed by atoms with E-state index in [2.05, 4.69) is 15.6 Å². The van der Waals surface area contributed by atoms with Gasteiger partial charge >= 0.3 is 0 Å². The second-order valence-electron chi connectivity index (χ2n) is 4.83. The second kappa shape index (κ2) is 7.28. The fraction of sp³-hybridized carbons (Fsp3) is 0.250. The Labute approximate surface area is 124 Å². The first kappa shape index (κ1) is 14.8. The van der Waals surface area contributed by atoms with E-state index in [-0.39, 0.29) is 5.91 Å². The highest BCUT2D eigenvalue weighted by molar-refractivity contribution is 5.96. The average Bonchev–Trinajstić information content (AvgIpc) is 2.50. The van der Waals surface area contributed by atoms with Gasteiger partial charge in [0, 0.05) is 30.5 Å². The normalized spacial score (nSPS) is 10.1. The fourth-order valence-electron chi connectivity index (χ4n) is 1.95. The molecule has 2 rings (SSSR count). The number of aryl methyl sites for hydroxylation is 1. The van der Waals surface area contributed by atoms with Crippen molar-refractivity contribution in [3.8, 4) is 0 Å². The first-order chi connectivity index (χ1) is 10.2. The summed E-state index contributed by atoms with van der Waals surface area (Å²) in [7, 11) is 0. The van der Waals surface area contributed by atoms with E-state index in [0.717, 1.165) is 24.3 Å². The summed E-state index contributed by atoms with van der Waals surface area (Å²) in [5.74, 6) is 0.758. The van der Waals surface area contributed by atoms with E-state index in [1.54, 1.807) is 18.3 Å². The van der Waals surface area contributed by atoms with Gasteiger partial charge in [0.05, 0.1) is 0 Å². The van der Waals surface area contributed by atoms with E-state index in [9.17, 15) is 4.79 Å². The minimum Gasteiger partial charge on any atom is -0.399 e. The molecular weight excluding hydrogens is 264 g/mol. The number of hydrogen-bond acceptors (Lipinski definition) is 4. The molecule has 1 amide bonds. The number of aromatic nitrogens is 1. The molecule has 2 aromatic rings. The highest BCUT2D eigenvalue weighted by atomic mass is 16.1. The lowest BCUT2D eigenvalue weighted by Gasteiger charge is -2.09. The number of nitrogens with zero attached hydrogens (tertiary/aromatic N) is 1. The molecule has 0 spiro atoms. The van der Waals surface area contributed by atoms with E-state index in [1.165, 1.54) is 0 Å². The number of amides is 1. The minimum atomic E-state index is -0.0855. The predicted octanol–water partition coefficient (Wildman–Crippen LogP) is 2.20. The third-order valence-corrected chi connectivity index (χ3v) is 3.12. The zero-order valence-corrected chi connectivity index (χ0v) is 12.1. The largest absolute Gasteiger partial charge is 0.399 e. The van der Waals surface area contributed by atoms with Crippen molar-refractivity contribution in [3.05, 3.63) is 53.7 Å². The van der Waals surface area contributed by atoms with Crippen molar-refractivity contribution in [3.63, 3.8) is 0 Å². The van der Waals surface area contributed by atoms with E-state index in [4.69, 9.17) is 5.73 Å². The Morgan fingerprint density at radius 2 is 2.10 bits per heavy atom. The molecule has 0 atom stereocenters. The quantitative estimate of drug-likeness (QED) is 0.561. The highest BCUT2D eigenvalue weighted by Crippen LogP contribution is 2.12. The Morgan fingerprint density at radius 3 is 2.86 bits per heavy atom. The number of carbonyl (C=O) groups is 1. The molecule has 0 aliphatic rings. The number of pyridine rings is 1. The maximum atomic E-state index is 12.1. The van der Waals surface area contributed by atoms with Gasteiger partial charge in [-0.05, 0) is 43.2 Å². The van der Waals surface area contributed by atoms with Crippen LogP contribution in [-0.4, -0.2) is 24.0 Å². The number of benzene rings is 1. The smallest absolute Gasteiger partial charge is 0.251 e. The van der Waals surface area contributed by atoms with Crippen molar-refractivity contribution in [2.45, 2.75) is 13.3 Å². The molecule has 0 bridgehead atoms. The Morgan fingerprint density at radius 1 is 1.24 bits per heavy atom. The summed E-state index contributed by atoms with van der Waals surface area (Å²) in [5, 5.41) is 6.09. The van der Waals surface area contributed by atoms with Crippen LogP contribution < -0.4 is 16.4 Å². The fourth-order valence-corrected chi connectivity index (χ4v) is 1.95. The summed E-state index contributed by atoms with van der Waals surface area (Å²) in [5.41, 5.74) is 7.87. The number of nitrogens with two attached hydrogens (primary N) is 1. The Kier molecular flexibility index (Phi) is 5.15. The number of nitrogen functional groups attached to an aromatic ring is 1. The monoisotopic (exact) mass is 284 g/mol. The molecule has 0 fully saturated rings. The van der Waals surface area contributed by atoms with Gasteiger partial charge in [-0.2, -0.15) is 0 Å². The van der Waals surface area contributed by atoms with Gasteiger partial charge in [-0.25, -0.2) is 4.98 Å². The van der Waals surface area contributed by atoms with Gasteiger partial charge in [-0.3, -0.25) is 4.79 Å². The van der Waals surface area contributed by atoms with Crippen molar-refractivity contribution < 1.29 is 4.79 Å². The number of nitrogens with one attached hydrogen (secondary N) is 2. The zero-order chi connectivity index (χ0) is 15.1. The zero-order valence-electron chi connectivity index (χ0n) is 12.1. The van der Waals surface area contributed by atoms with Gasteiger partial charge in [-0.15, -0.1) is 0 Å². The maximum Gasteiger partial charge on any atom is 0.251 e. The summed E-state index contributed by atoms with van der Waals surface area (Å²) in [6.45, 7) is 3.26. The topological polar surface area (TPSA) is 80.0 Å². The molecule has 5 heteroatoms. The van der Waals surface area contributed by atoms with Crippen LogP contribution in [0, 0.1) is 6.92 Å². The minimum absolute atomic E-state index is 0.0855. The molecule has 1 aromatic carbocycles. The SMILES string of the molecule is Cc1ccc(N)cc1C(=O)NCCCNc1ccccn1. The second-order valence-corrected chi connectivity index (χ2v) is 4.83. The molecule has 0 radical (unpaired) electrons. The van der Waals surface area contributed by atoms with Gasteiger partial charge in [0.15, 0.2) is 0 Å². The van der Waals surface area contributed by atoms with Crippen LogP contribution in [0.3, 0.4) is 0 Å². The van der Waals surface area contributed by atoms with Gasteiger partial charge < -0.3 is 16.4 Å². The number of hydrogen-bond donors (Lipinski definition) is 3. The van der Waals surface area contributed by atoms with Crippen LogP contribution in [0.15, 0.2) is 42.6 Å². The molecule has 21 heavy (non-hydrogen) atoms. The van der Waals surface area contributed by atoms with Crippen LogP contribution >= 0.6 is 0 Å². The van der Waals surface area contributed by atoms with Crippen LogP contribution in [0.1, 0.15) is 22.3 Å². The number of rotatable bonds is 6. The molecule has 0 saturated carbocycles. The van der Waals surface area contributed by atoms with Crippen LogP contribution in [0.4, 0.5) is 11.5 Å². The molecule has 1 aromatic heterocycles. The molecular formula is C16H20N4O. The van der Waals surface area contributed by atoms with Crippen molar-refractivity contribution in [2.24, 2.45) is 0 Å². The van der Waals surface area contributed by atoms with Gasteiger partial charge in [0.1, 0.15) is 5.82 Å².